The van der Waals surface area contributed by atoms with E-state index in [2.05, 4.69) is 227 Å². The number of allylic oxidation sites excluding steroid dienone is 4. The highest BCUT2D eigenvalue weighted by atomic mass is 32.1. The monoisotopic (exact) mass is 1110 g/mol. The van der Waals surface area contributed by atoms with Crippen LogP contribution in [0.1, 0.15) is 222 Å². The quantitative estimate of drug-likeness (QED) is 0.160. The van der Waals surface area contributed by atoms with Gasteiger partial charge in [0.15, 0.2) is 17.4 Å². The van der Waals surface area contributed by atoms with Crippen LogP contribution in [0.2, 0.25) is 0 Å². The smallest absolute Gasteiger partial charge is 0.199 e. The van der Waals surface area contributed by atoms with Crippen molar-refractivity contribution in [1.82, 2.24) is 24.5 Å². The fraction of sp³-hybridized carbons (Fsp3) is 0.545. The number of nitrogens with zero attached hydrogens (tertiary/aromatic N) is 5. The summed E-state index contributed by atoms with van der Waals surface area (Å²) in [5.74, 6) is 4.01. The molecule has 0 spiro atoms. The molecule has 0 saturated heterocycles. The predicted octanol–water partition coefficient (Wildman–Crippen LogP) is 20.1. The second-order valence-electron chi connectivity index (χ2n) is 27.8. The summed E-state index contributed by atoms with van der Waals surface area (Å²) in [7, 11) is 2.02. The average molecular weight is 1110 g/mol. The Bertz CT molecular complexity index is 2640. The van der Waals surface area contributed by atoms with Gasteiger partial charge < -0.3 is 22.9 Å². The van der Waals surface area contributed by atoms with Gasteiger partial charge in [-0.1, -0.05) is 190 Å². The summed E-state index contributed by atoms with van der Waals surface area (Å²) in [5, 5.41) is 11.2. The van der Waals surface area contributed by atoms with Crippen molar-refractivity contribution in [2.24, 2.45) is 12.5 Å². The molecule has 8 rings (SSSR count). The molecule has 9 nitrogen and oxygen atoms in total. The van der Waals surface area contributed by atoms with Crippen LogP contribution in [0.3, 0.4) is 0 Å². The standard InChI is InChI=1S/C9H13NO.C9H14O.C9H14S.C9H14.C8H11FS.C8H14N2.2C7H11NO/c1-9(2,3)7-4-8(11)6-10-5-7;1-7-5-6-8(10-7)9(2,3)4;1-7-5-6-10-8(7)9(2,3)4;1-9(2,3)8-6-4-5-7-8;1-8(2,3)6-4-5-7(9)10-6;1-8(2,3)7-5-9-6-10(7)4;1-7(2,3)6-4-8-5-9-6;1-7(2,3)6-8-4-5-9-6/h4-6,11H,1-3H3;2*5-6H,1-4H3;4-6H,7H2,1-3H3;4-5H,1-3H3;5-6H,1-4H3;2*4-5H,1-3H3. The lowest BCUT2D eigenvalue weighted by Gasteiger charge is -2.19. The van der Waals surface area contributed by atoms with Gasteiger partial charge in [-0.2, -0.15) is 4.39 Å². The van der Waals surface area contributed by atoms with Crippen LogP contribution in [0, 0.1) is 24.4 Å². The number of imidazole rings is 1. The van der Waals surface area contributed by atoms with Crippen LogP contribution < -0.4 is 0 Å². The molecule has 0 aliphatic heterocycles. The van der Waals surface area contributed by atoms with E-state index < -0.39 is 0 Å². The van der Waals surface area contributed by atoms with E-state index in [0.717, 1.165) is 40.0 Å². The van der Waals surface area contributed by atoms with Crippen molar-refractivity contribution in [1.29, 1.82) is 0 Å². The number of aromatic nitrogens is 5. The number of furan rings is 1. The lowest BCUT2D eigenvalue weighted by molar-refractivity contribution is 0.392. The van der Waals surface area contributed by atoms with Gasteiger partial charge in [0.05, 0.1) is 24.9 Å². The molecule has 0 bridgehead atoms. The Morgan fingerprint density at radius 1 is 0.603 bits per heavy atom. The first kappa shape index (κ1) is 70.7. The number of aryl methyl sites for hydroxylation is 3. The maximum Gasteiger partial charge on any atom is 0.199 e. The molecule has 434 valence electrons. The van der Waals surface area contributed by atoms with Gasteiger partial charge in [0, 0.05) is 56.5 Å². The number of oxazole rings is 2. The van der Waals surface area contributed by atoms with E-state index in [1.54, 1.807) is 36.5 Å². The molecule has 0 radical (unpaired) electrons. The molecule has 1 aliphatic carbocycles. The van der Waals surface area contributed by atoms with E-state index in [0.29, 0.717) is 10.8 Å². The number of thiophene rings is 2. The first-order valence-corrected chi connectivity index (χ1v) is 28.7. The number of pyridine rings is 1. The number of aromatic hydroxyl groups is 1. The van der Waals surface area contributed by atoms with Crippen molar-refractivity contribution >= 4 is 22.7 Å². The molecule has 7 aromatic heterocycles. The minimum absolute atomic E-state index is 0.0451. The van der Waals surface area contributed by atoms with Crippen LogP contribution in [0.15, 0.2) is 129 Å². The van der Waals surface area contributed by atoms with E-state index in [1.807, 2.05) is 56.0 Å². The number of hydrogen-bond donors (Lipinski definition) is 1. The number of rotatable bonds is 0. The van der Waals surface area contributed by atoms with Crippen molar-refractivity contribution in [3.05, 3.63) is 170 Å². The zero-order chi connectivity index (χ0) is 60.3. The summed E-state index contributed by atoms with van der Waals surface area (Å²) in [6.07, 6.45) is 21.2. The third-order valence-electron chi connectivity index (χ3n) is 11.5. The van der Waals surface area contributed by atoms with Gasteiger partial charge in [-0.3, -0.25) is 4.98 Å². The Kier molecular flexibility index (Phi) is 27.0. The van der Waals surface area contributed by atoms with Crippen molar-refractivity contribution in [2.75, 3.05) is 0 Å². The molecule has 0 atom stereocenters. The molecule has 1 aliphatic rings. The summed E-state index contributed by atoms with van der Waals surface area (Å²) in [4.78, 5) is 18.4. The number of halogens is 1. The molecule has 0 unspecified atom stereocenters. The van der Waals surface area contributed by atoms with E-state index in [4.69, 9.17) is 18.4 Å². The highest BCUT2D eigenvalue weighted by molar-refractivity contribution is 7.10. The molecule has 0 saturated carbocycles. The lowest BCUT2D eigenvalue weighted by Crippen LogP contribution is -2.15. The zero-order valence-corrected chi connectivity index (χ0v) is 54.8. The van der Waals surface area contributed by atoms with Gasteiger partial charge in [-0.15, -0.1) is 22.7 Å². The van der Waals surface area contributed by atoms with Crippen LogP contribution in [0.25, 0.3) is 0 Å². The van der Waals surface area contributed by atoms with Gasteiger partial charge in [0.1, 0.15) is 29.3 Å². The maximum atomic E-state index is 12.5. The molecule has 0 fully saturated rings. The fourth-order valence-electron chi connectivity index (χ4n) is 6.80. The lowest BCUT2D eigenvalue weighted by atomic mass is 9.86. The summed E-state index contributed by atoms with van der Waals surface area (Å²) in [6, 6.07) is 11.3. The average Bonchev–Trinajstić information content (AvgIpc) is 4.13. The molecule has 0 aromatic carbocycles. The Labute approximate surface area is 480 Å². The van der Waals surface area contributed by atoms with Crippen LogP contribution in [-0.4, -0.2) is 29.6 Å². The highest BCUT2D eigenvalue weighted by Gasteiger charge is 2.21. The Hall–Kier alpha value is -5.33. The second kappa shape index (κ2) is 29.8. The SMILES string of the molecule is CC(C)(C)C1=CC=CC1.CC(C)(C)c1ccc(F)s1.CC(C)(C)c1cncc(O)c1.CC(C)(C)c1cnco1.CC(C)(C)c1ncco1.Cc1ccc(C(C)(C)C)o1.Cc1ccsc1C(C)(C)C.Cn1cncc1C(C)(C)C. The molecular formula is C66H102FN5O4S2. The fourth-order valence-corrected chi connectivity index (χ4v) is 8.60. The molecular weight excluding hydrogens is 1010 g/mol. The summed E-state index contributed by atoms with van der Waals surface area (Å²) >= 11 is 3.08. The minimum atomic E-state index is -0.0927. The van der Waals surface area contributed by atoms with E-state index >= 15 is 0 Å². The largest absolute Gasteiger partial charge is 0.506 e. The van der Waals surface area contributed by atoms with Gasteiger partial charge in [0.25, 0.3) is 0 Å². The Morgan fingerprint density at radius 3 is 1.45 bits per heavy atom. The van der Waals surface area contributed by atoms with Crippen molar-refractivity contribution < 1.29 is 22.7 Å². The third-order valence-corrected chi connectivity index (χ3v) is 14.2. The van der Waals surface area contributed by atoms with Crippen LogP contribution in [0.5, 0.6) is 5.75 Å². The van der Waals surface area contributed by atoms with Crippen LogP contribution in [-0.2, 0) is 45.0 Å². The van der Waals surface area contributed by atoms with E-state index in [-0.39, 0.29) is 43.4 Å². The molecule has 7 heterocycles. The van der Waals surface area contributed by atoms with Gasteiger partial charge >= 0.3 is 0 Å². The molecule has 78 heavy (non-hydrogen) atoms. The van der Waals surface area contributed by atoms with Crippen molar-refractivity contribution in [3.63, 3.8) is 0 Å². The normalized spacial score (nSPS) is 12.6. The second-order valence-corrected chi connectivity index (χ2v) is 29.7. The van der Waals surface area contributed by atoms with Gasteiger partial charge in [0.2, 0.25) is 0 Å². The van der Waals surface area contributed by atoms with E-state index in [1.165, 1.54) is 46.1 Å². The van der Waals surface area contributed by atoms with Gasteiger partial charge in [-0.25, -0.2) is 15.0 Å². The van der Waals surface area contributed by atoms with Gasteiger partial charge in [-0.05, 0) is 94.8 Å². The molecule has 7 aromatic rings. The first-order chi connectivity index (χ1) is 35.3. The van der Waals surface area contributed by atoms with Crippen molar-refractivity contribution in [3.8, 4) is 5.75 Å². The Balaban J connectivity index is 0.000000446. The topological polar surface area (TPSA) is 116 Å². The van der Waals surface area contributed by atoms with Crippen LogP contribution in [0.4, 0.5) is 4.39 Å². The first-order valence-electron chi connectivity index (χ1n) is 27.0. The summed E-state index contributed by atoms with van der Waals surface area (Å²) in [5.41, 5.74) is 6.66. The third kappa shape index (κ3) is 27.5. The predicted molar refractivity (Wildman–Crippen MR) is 331 cm³/mol. The molecule has 0 amide bonds. The maximum absolute atomic E-state index is 12.5. The highest BCUT2D eigenvalue weighted by Crippen LogP contribution is 2.32. The molecule has 12 heteroatoms. The van der Waals surface area contributed by atoms with Crippen molar-refractivity contribution in [2.45, 2.75) is 224 Å². The Morgan fingerprint density at radius 2 is 1.22 bits per heavy atom. The summed E-state index contributed by atoms with van der Waals surface area (Å²) in [6.45, 7) is 55.6. The van der Waals surface area contributed by atoms with E-state index in [9.17, 15) is 4.39 Å². The van der Waals surface area contributed by atoms with Crippen LogP contribution >= 0.6 is 22.7 Å². The zero-order valence-electron chi connectivity index (χ0n) is 53.2. The minimum Gasteiger partial charge on any atom is -0.506 e. The molecule has 1 N–H and O–H groups in total. The summed E-state index contributed by atoms with van der Waals surface area (Å²) < 4.78 is 30.2. The number of hydrogen-bond acceptors (Lipinski definition) is 10.